The first kappa shape index (κ1) is 46.0. The Morgan fingerprint density at radius 3 is 1.12 bits per heavy atom. The van der Waals surface area contributed by atoms with Crippen LogP contribution in [0.15, 0.2) is 0 Å². The molecule has 26 nitrogen and oxygen atoms in total. The molecule has 5 heterocycles. The minimum absolute atomic E-state index is 0.831. The highest BCUT2D eigenvalue weighted by molar-refractivity contribution is 4.99. The van der Waals surface area contributed by atoms with Crippen molar-refractivity contribution in [1.82, 2.24) is 0 Å². The minimum Gasteiger partial charge on any atom is -0.394 e. The van der Waals surface area contributed by atoms with Gasteiger partial charge in [0.05, 0.1) is 33.0 Å². The lowest BCUT2D eigenvalue weighted by Crippen LogP contribution is -2.68. The topological polar surface area (TPSA) is 427 Å². The molecule has 17 N–H and O–H groups in total. The lowest BCUT2D eigenvalue weighted by molar-refractivity contribution is -0.401. The molecule has 5 fully saturated rings. The Morgan fingerprint density at radius 2 is 0.607 bits per heavy atom. The summed E-state index contributed by atoms with van der Waals surface area (Å²) < 4.78 is 49.5. The lowest BCUT2D eigenvalue weighted by Gasteiger charge is -2.50. The molecule has 328 valence electrons. The Hall–Kier alpha value is -1.04. The maximum Gasteiger partial charge on any atom is 0.187 e. The van der Waals surface area contributed by atoms with Crippen LogP contribution >= 0.6 is 0 Å². The van der Waals surface area contributed by atoms with E-state index in [-0.39, 0.29) is 0 Å². The van der Waals surface area contributed by atoms with Crippen molar-refractivity contribution in [1.29, 1.82) is 0 Å². The highest BCUT2D eigenvalue weighted by Gasteiger charge is 2.56. The molecule has 25 atom stereocenters. The third kappa shape index (κ3) is 9.16. The first-order valence-electron chi connectivity index (χ1n) is 17.6. The fourth-order valence-electron chi connectivity index (χ4n) is 7.00. The van der Waals surface area contributed by atoms with Crippen molar-refractivity contribution in [2.45, 2.75) is 154 Å². The van der Waals surface area contributed by atoms with Crippen LogP contribution in [0, 0.1) is 0 Å². The molecule has 0 aliphatic carbocycles. The van der Waals surface area contributed by atoms with Crippen molar-refractivity contribution in [3.8, 4) is 0 Å². The van der Waals surface area contributed by atoms with Gasteiger partial charge in [0, 0.05) is 0 Å². The summed E-state index contributed by atoms with van der Waals surface area (Å²) in [5, 5.41) is 176. The largest absolute Gasteiger partial charge is 0.394 e. The number of rotatable bonds is 13. The standard InChI is InChI=1S/C30H52O26/c31-1-6-11(36)14(39)19(44)27(49-6)53-23-10(5-35)52-28(20(45)17(23)42)56-25-15(40)12(37)7(2-32)51-30(25)55-24-13(38)8(3-33)50-29(21(24)46)54-22-9(4-34)48-26(47)18(43)16(22)41/h6-47H,1-5H2/t6-,7-,8-,9-,10-,11-,12-,13+,14+,15+,16-,17-,18-,19-,20-,21-,22-,23-,24+,25+,26?,27+,28+,29+,30-/m1/s1. The fraction of sp³-hybridized carbons (Fsp3) is 1.00. The number of aliphatic hydroxyl groups excluding tert-OH is 17. The molecule has 5 aliphatic heterocycles. The Kier molecular flexibility index (Phi) is 16.1. The van der Waals surface area contributed by atoms with E-state index in [1.54, 1.807) is 0 Å². The van der Waals surface area contributed by atoms with E-state index in [4.69, 9.17) is 42.6 Å². The van der Waals surface area contributed by atoms with E-state index in [0.29, 0.717) is 0 Å². The van der Waals surface area contributed by atoms with E-state index in [1.165, 1.54) is 0 Å². The summed E-state index contributed by atoms with van der Waals surface area (Å²) in [6.07, 6.45) is -47.0. The Labute approximate surface area is 316 Å². The second-order valence-electron chi connectivity index (χ2n) is 13.9. The molecule has 0 aromatic rings. The molecular weight excluding hydrogens is 776 g/mol. The van der Waals surface area contributed by atoms with Crippen molar-refractivity contribution in [3.63, 3.8) is 0 Å². The van der Waals surface area contributed by atoms with Gasteiger partial charge in [0.15, 0.2) is 31.5 Å². The number of hydrogen-bond acceptors (Lipinski definition) is 26. The molecule has 56 heavy (non-hydrogen) atoms. The van der Waals surface area contributed by atoms with Crippen molar-refractivity contribution in [3.05, 3.63) is 0 Å². The first-order valence-corrected chi connectivity index (χ1v) is 17.6. The van der Waals surface area contributed by atoms with Crippen LogP contribution in [0.3, 0.4) is 0 Å². The molecule has 0 bridgehead atoms. The van der Waals surface area contributed by atoms with E-state index in [0.717, 1.165) is 0 Å². The van der Waals surface area contributed by atoms with Gasteiger partial charge in [-0.25, -0.2) is 0 Å². The van der Waals surface area contributed by atoms with Crippen molar-refractivity contribution in [2.75, 3.05) is 33.0 Å². The summed E-state index contributed by atoms with van der Waals surface area (Å²) in [4.78, 5) is 0. The van der Waals surface area contributed by atoms with Gasteiger partial charge in [-0.15, -0.1) is 0 Å². The zero-order chi connectivity index (χ0) is 41.3. The third-order valence-electron chi connectivity index (χ3n) is 10.3. The van der Waals surface area contributed by atoms with E-state index >= 15 is 0 Å². The molecule has 0 aromatic carbocycles. The predicted octanol–water partition coefficient (Wildman–Crippen LogP) is -11.9. The maximum absolute atomic E-state index is 11.3. The van der Waals surface area contributed by atoms with Crippen LogP contribution in [0.4, 0.5) is 0 Å². The van der Waals surface area contributed by atoms with Crippen LogP contribution in [0.25, 0.3) is 0 Å². The van der Waals surface area contributed by atoms with Crippen LogP contribution in [0.2, 0.25) is 0 Å². The molecule has 0 spiro atoms. The SMILES string of the molecule is OC[C@H]1O[C@@H](O[C@H]2[C@H](O)[C@@H](O)C(O)O[C@@H]2CO)[C@H](O)[C@@H](O[C@H]2O[C@H](CO)[C@@H](O)[C@H](O)[C@@H]2O[C@@H]2O[C@H](CO)[C@@H](O[C@@H]3O[C@H](CO)[C@@H](O)[C@H](O)[C@H]3O)[C@H](O)[C@H]2O)[C@H]1O. The number of aliphatic hydroxyl groups is 17. The van der Waals surface area contributed by atoms with E-state index in [1.807, 2.05) is 0 Å². The zero-order valence-electron chi connectivity index (χ0n) is 29.2. The molecule has 5 rings (SSSR count). The van der Waals surface area contributed by atoms with Crippen LogP contribution in [0.5, 0.6) is 0 Å². The summed E-state index contributed by atoms with van der Waals surface area (Å²) in [5.41, 5.74) is 0. The Morgan fingerprint density at radius 1 is 0.268 bits per heavy atom. The highest BCUT2D eigenvalue weighted by Crippen LogP contribution is 2.36. The van der Waals surface area contributed by atoms with Crippen molar-refractivity contribution < 1.29 is 129 Å². The summed E-state index contributed by atoms with van der Waals surface area (Å²) in [6, 6.07) is 0. The predicted molar refractivity (Wildman–Crippen MR) is 167 cm³/mol. The average molecular weight is 829 g/mol. The van der Waals surface area contributed by atoms with Crippen LogP contribution < -0.4 is 0 Å². The van der Waals surface area contributed by atoms with Crippen LogP contribution in [-0.2, 0) is 42.6 Å². The van der Waals surface area contributed by atoms with Gasteiger partial charge >= 0.3 is 0 Å². The van der Waals surface area contributed by atoms with E-state index < -0.39 is 187 Å². The molecule has 0 amide bonds. The average Bonchev–Trinajstić information content (AvgIpc) is 3.19. The quantitative estimate of drug-likeness (QED) is 0.0819. The molecule has 5 aliphatic rings. The van der Waals surface area contributed by atoms with E-state index in [2.05, 4.69) is 0 Å². The molecular formula is C30H52O26. The van der Waals surface area contributed by atoms with Gasteiger partial charge in [0.2, 0.25) is 0 Å². The van der Waals surface area contributed by atoms with Gasteiger partial charge in [-0.1, -0.05) is 0 Å². The molecule has 0 saturated carbocycles. The summed E-state index contributed by atoms with van der Waals surface area (Å²) >= 11 is 0. The Balaban J connectivity index is 1.35. The smallest absolute Gasteiger partial charge is 0.187 e. The first-order chi connectivity index (χ1) is 26.5. The van der Waals surface area contributed by atoms with Gasteiger partial charge in [-0.2, -0.15) is 0 Å². The van der Waals surface area contributed by atoms with Gasteiger partial charge < -0.3 is 129 Å². The monoisotopic (exact) mass is 828 g/mol. The molecule has 1 unspecified atom stereocenters. The normalized spacial score (nSPS) is 53.2. The van der Waals surface area contributed by atoms with Crippen LogP contribution in [-0.4, -0.2) is 273 Å². The fourth-order valence-corrected chi connectivity index (χ4v) is 7.00. The Bertz CT molecular complexity index is 1200. The summed E-state index contributed by atoms with van der Waals surface area (Å²) in [7, 11) is 0. The number of ether oxygens (including phenoxy) is 9. The molecule has 0 radical (unpaired) electrons. The van der Waals surface area contributed by atoms with Crippen LogP contribution in [0.1, 0.15) is 0 Å². The second-order valence-corrected chi connectivity index (χ2v) is 13.9. The summed E-state index contributed by atoms with van der Waals surface area (Å²) in [6.45, 7) is -4.59. The second kappa shape index (κ2) is 19.6. The van der Waals surface area contributed by atoms with Gasteiger partial charge in [-0.3, -0.25) is 0 Å². The van der Waals surface area contributed by atoms with Crippen molar-refractivity contribution in [2.24, 2.45) is 0 Å². The summed E-state index contributed by atoms with van der Waals surface area (Å²) in [5.74, 6) is 0. The lowest BCUT2D eigenvalue weighted by atomic mass is 9.95. The molecule has 0 aromatic heterocycles. The van der Waals surface area contributed by atoms with Gasteiger partial charge in [0.1, 0.15) is 122 Å². The van der Waals surface area contributed by atoms with Gasteiger partial charge in [0.25, 0.3) is 0 Å². The molecule has 5 saturated heterocycles. The third-order valence-corrected chi connectivity index (χ3v) is 10.3. The zero-order valence-corrected chi connectivity index (χ0v) is 29.2. The van der Waals surface area contributed by atoms with Crippen molar-refractivity contribution >= 4 is 0 Å². The number of hydrogen-bond donors (Lipinski definition) is 17. The van der Waals surface area contributed by atoms with Gasteiger partial charge in [-0.05, 0) is 0 Å². The maximum atomic E-state index is 11.3. The minimum atomic E-state index is -2.17. The van der Waals surface area contributed by atoms with E-state index in [9.17, 15) is 86.8 Å². The highest BCUT2D eigenvalue weighted by atomic mass is 16.8. The molecule has 26 heteroatoms.